The number of nitrogens with one attached hydrogen (secondary N) is 1. The van der Waals surface area contributed by atoms with Crippen molar-refractivity contribution >= 4 is 17.5 Å². The fraction of sp³-hybridized carbons (Fsp3) is 0.429. The van der Waals surface area contributed by atoms with E-state index in [4.69, 9.17) is 5.73 Å². The summed E-state index contributed by atoms with van der Waals surface area (Å²) >= 11 is 0. The molecule has 1 saturated heterocycles. The maximum absolute atomic E-state index is 11.6. The Labute approximate surface area is 112 Å². The van der Waals surface area contributed by atoms with Gasteiger partial charge in [0.05, 0.1) is 6.54 Å². The van der Waals surface area contributed by atoms with Crippen molar-refractivity contribution in [3.63, 3.8) is 0 Å². The number of amides is 2. The maximum Gasteiger partial charge on any atom is 0.249 e. The minimum atomic E-state index is -0.344. The van der Waals surface area contributed by atoms with Gasteiger partial charge in [0.1, 0.15) is 6.04 Å². The van der Waals surface area contributed by atoms with Gasteiger partial charge in [-0.3, -0.25) is 14.9 Å². The van der Waals surface area contributed by atoms with E-state index < -0.39 is 0 Å². The second-order valence-electron chi connectivity index (χ2n) is 4.82. The van der Waals surface area contributed by atoms with E-state index in [-0.39, 0.29) is 30.4 Å². The molecule has 0 saturated carbocycles. The summed E-state index contributed by atoms with van der Waals surface area (Å²) in [7, 11) is 0. The highest BCUT2D eigenvalue weighted by Gasteiger charge is 2.30. The van der Waals surface area contributed by atoms with Gasteiger partial charge >= 0.3 is 0 Å². The number of nitrogens with two attached hydrogens (primary N) is 1. The molecule has 19 heavy (non-hydrogen) atoms. The molecular formula is C14H19N3O2. The molecule has 2 atom stereocenters. The number of piperazine rings is 1. The summed E-state index contributed by atoms with van der Waals surface area (Å²) in [6.45, 7) is 4.02. The molecule has 2 amide bonds. The molecular weight excluding hydrogens is 242 g/mol. The largest absolute Gasteiger partial charge is 0.350 e. The van der Waals surface area contributed by atoms with Gasteiger partial charge in [0.15, 0.2) is 0 Å². The van der Waals surface area contributed by atoms with Gasteiger partial charge in [-0.25, -0.2) is 0 Å². The first-order chi connectivity index (χ1) is 9.02. The highest BCUT2D eigenvalue weighted by Crippen LogP contribution is 2.22. The van der Waals surface area contributed by atoms with E-state index in [0.29, 0.717) is 0 Å². The smallest absolute Gasteiger partial charge is 0.249 e. The molecule has 102 valence electrons. The normalized spacial score (nSPS) is 21.2. The Hall–Kier alpha value is -1.88. The zero-order chi connectivity index (χ0) is 14.0. The highest BCUT2D eigenvalue weighted by atomic mass is 16.2. The van der Waals surface area contributed by atoms with Crippen LogP contribution in [0.2, 0.25) is 0 Å². The van der Waals surface area contributed by atoms with Crippen molar-refractivity contribution in [3.05, 3.63) is 29.8 Å². The molecule has 1 unspecified atom stereocenters. The lowest BCUT2D eigenvalue weighted by Crippen LogP contribution is -2.57. The Balaban J connectivity index is 2.21. The third kappa shape index (κ3) is 2.76. The lowest BCUT2D eigenvalue weighted by atomic mass is 10.0. The Morgan fingerprint density at radius 3 is 2.58 bits per heavy atom. The number of imide groups is 1. The van der Waals surface area contributed by atoms with Crippen molar-refractivity contribution in [1.82, 2.24) is 5.32 Å². The second-order valence-corrected chi connectivity index (χ2v) is 4.82. The highest BCUT2D eigenvalue weighted by molar-refractivity contribution is 6.04. The van der Waals surface area contributed by atoms with Crippen LogP contribution in [0, 0.1) is 0 Å². The van der Waals surface area contributed by atoms with Gasteiger partial charge in [-0.15, -0.1) is 0 Å². The lowest BCUT2D eigenvalue weighted by molar-refractivity contribution is -0.132. The molecule has 1 aliphatic heterocycles. The van der Waals surface area contributed by atoms with Crippen LogP contribution in [-0.2, 0) is 9.59 Å². The molecule has 5 heteroatoms. The Bertz CT molecular complexity index is 484. The summed E-state index contributed by atoms with van der Waals surface area (Å²) in [5.41, 5.74) is 7.89. The number of benzene rings is 1. The van der Waals surface area contributed by atoms with Gasteiger partial charge in [-0.05, 0) is 31.0 Å². The van der Waals surface area contributed by atoms with E-state index in [1.54, 1.807) is 11.8 Å². The number of hydrogen-bond acceptors (Lipinski definition) is 4. The summed E-state index contributed by atoms with van der Waals surface area (Å²) in [5, 5.41) is 2.33. The second kappa shape index (κ2) is 5.40. The average Bonchev–Trinajstić information content (AvgIpc) is 2.42. The number of nitrogens with zero attached hydrogens (tertiary/aromatic N) is 1. The van der Waals surface area contributed by atoms with Gasteiger partial charge in [0, 0.05) is 11.7 Å². The molecule has 1 fully saturated rings. The Kier molecular flexibility index (Phi) is 3.85. The van der Waals surface area contributed by atoms with Crippen molar-refractivity contribution in [2.75, 3.05) is 11.4 Å². The van der Waals surface area contributed by atoms with Crippen molar-refractivity contribution in [2.24, 2.45) is 5.73 Å². The van der Waals surface area contributed by atoms with Crippen LogP contribution < -0.4 is 16.0 Å². The zero-order valence-electron chi connectivity index (χ0n) is 11.2. The van der Waals surface area contributed by atoms with Gasteiger partial charge in [0.25, 0.3) is 0 Å². The molecule has 0 aromatic heterocycles. The molecule has 1 heterocycles. The third-order valence-corrected chi connectivity index (χ3v) is 3.52. The molecule has 0 spiro atoms. The first-order valence-electron chi connectivity index (χ1n) is 6.48. The Morgan fingerprint density at radius 2 is 2.00 bits per heavy atom. The number of carbonyl (C=O) groups excluding carboxylic acids is 2. The summed E-state index contributed by atoms with van der Waals surface area (Å²) in [4.78, 5) is 24.8. The zero-order valence-corrected chi connectivity index (χ0v) is 11.2. The van der Waals surface area contributed by atoms with E-state index in [1.165, 1.54) is 0 Å². The first-order valence-corrected chi connectivity index (χ1v) is 6.48. The molecule has 0 bridgehead atoms. The van der Waals surface area contributed by atoms with E-state index in [0.717, 1.165) is 17.7 Å². The number of hydrogen-bond donors (Lipinski definition) is 2. The van der Waals surface area contributed by atoms with Gasteiger partial charge in [-0.2, -0.15) is 0 Å². The predicted octanol–water partition coefficient (Wildman–Crippen LogP) is 0.948. The van der Waals surface area contributed by atoms with E-state index >= 15 is 0 Å². The van der Waals surface area contributed by atoms with Crippen LogP contribution in [0.1, 0.15) is 31.9 Å². The molecule has 1 aromatic rings. The summed E-state index contributed by atoms with van der Waals surface area (Å²) < 4.78 is 0. The SMILES string of the molecule is CC[C@H](N)c1ccc(N2CC(=O)NC(=O)C2C)cc1. The summed E-state index contributed by atoms with van der Waals surface area (Å²) in [6, 6.07) is 7.40. The summed E-state index contributed by atoms with van der Waals surface area (Å²) in [6.07, 6.45) is 0.875. The van der Waals surface area contributed by atoms with Crippen LogP contribution in [0.25, 0.3) is 0 Å². The van der Waals surface area contributed by atoms with Gasteiger partial charge in [-0.1, -0.05) is 19.1 Å². The van der Waals surface area contributed by atoms with E-state index in [9.17, 15) is 9.59 Å². The van der Waals surface area contributed by atoms with Crippen molar-refractivity contribution in [3.8, 4) is 0 Å². The summed E-state index contributed by atoms with van der Waals surface area (Å²) in [5.74, 6) is -0.525. The number of anilines is 1. The minimum absolute atomic E-state index is 0.0257. The topological polar surface area (TPSA) is 75.4 Å². The van der Waals surface area contributed by atoms with Crippen LogP contribution >= 0.6 is 0 Å². The van der Waals surface area contributed by atoms with Crippen LogP contribution in [0.3, 0.4) is 0 Å². The molecule has 0 radical (unpaired) electrons. The standard InChI is InChI=1S/C14H19N3O2/c1-3-12(15)10-4-6-11(7-5-10)17-8-13(18)16-14(19)9(17)2/h4-7,9,12H,3,8,15H2,1-2H3,(H,16,18,19)/t9?,12-/m0/s1. The molecule has 2 rings (SSSR count). The third-order valence-electron chi connectivity index (χ3n) is 3.52. The number of carbonyl (C=O) groups is 2. The van der Waals surface area contributed by atoms with Gasteiger partial charge < -0.3 is 10.6 Å². The maximum atomic E-state index is 11.6. The van der Waals surface area contributed by atoms with Crippen LogP contribution in [0.5, 0.6) is 0 Å². The molecule has 1 aromatic carbocycles. The van der Waals surface area contributed by atoms with Gasteiger partial charge in [0.2, 0.25) is 11.8 Å². The molecule has 1 aliphatic rings. The molecule has 3 N–H and O–H groups in total. The van der Waals surface area contributed by atoms with Crippen LogP contribution in [0.4, 0.5) is 5.69 Å². The van der Waals surface area contributed by atoms with E-state index in [2.05, 4.69) is 5.32 Å². The molecule has 0 aliphatic carbocycles. The van der Waals surface area contributed by atoms with Crippen molar-refractivity contribution < 1.29 is 9.59 Å². The monoisotopic (exact) mass is 261 g/mol. The Morgan fingerprint density at radius 1 is 1.37 bits per heavy atom. The first kappa shape index (κ1) is 13.5. The average molecular weight is 261 g/mol. The van der Waals surface area contributed by atoms with Crippen molar-refractivity contribution in [1.29, 1.82) is 0 Å². The lowest BCUT2D eigenvalue weighted by Gasteiger charge is -2.33. The van der Waals surface area contributed by atoms with E-state index in [1.807, 2.05) is 31.2 Å². The van der Waals surface area contributed by atoms with Crippen LogP contribution in [-0.4, -0.2) is 24.4 Å². The predicted molar refractivity (Wildman–Crippen MR) is 73.6 cm³/mol. The number of rotatable bonds is 3. The minimum Gasteiger partial charge on any atom is -0.350 e. The van der Waals surface area contributed by atoms with Crippen LogP contribution in [0.15, 0.2) is 24.3 Å². The fourth-order valence-electron chi connectivity index (χ4n) is 2.18. The van der Waals surface area contributed by atoms with Crippen molar-refractivity contribution in [2.45, 2.75) is 32.4 Å². The molecule has 5 nitrogen and oxygen atoms in total. The fourth-order valence-corrected chi connectivity index (χ4v) is 2.18. The quantitative estimate of drug-likeness (QED) is 0.794.